The highest BCUT2D eigenvalue weighted by Crippen LogP contribution is 2.25. The zero-order valence-electron chi connectivity index (χ0n) is 12.2. The van der Waals surface area contributed by atoms with Crippen LogP contribution >= 0.6 is 11.3 Å². The third-order valence-corrected chi connectivity index (χ3v) is 4.62. The minimum absolute atomic E-state index is 0.110. The number of hydrogen-bond donors (Lipinski definition) is 2. The second kappa shape index (κ2) is 5.99. The van der Waals surface area contributed by atoms with Crippen LogP contribution in [0.15, 0.2) is 21.9 Å². The largest absolute Gasteiger partial charge is 0.459 e. The molecule has 21 heavy (non-hydrogen) atoms. The predicted octanol–water partition coefficient (Wildman–Crippen LogP) is 2.58. The fraction of sp³-hybridized carbons (Fsp3) is 0.467. The number of carbonyl (C=O) groups is 1. The van der Waals surface area contributed by atoms with Crippen LogP contribution in [0.4, 0.5) is 0 Å². The summed E-state index contributed by atoms with van der Waals surface area (Å²) in [6, 6.07) is 4.24. The highest BCUT2D eigenvalue weighted by Gasteiger charge is 2.24. The van der Waals surface area contributed by atoms with Gasteiger partial charge in [-0.05, 0) is 45.4 Å². The maximum Gasteiger partial charge on any atom is 0.271 e. The third kappa shape index (κ3) is 3.16. The molecule has 1 fully saturated rings. The molecule has 0 aromatic carbocycles. The Morgan fingerprint density at radius 3 is 3.10 bits per heavy atom. The molecule has 2 atom stereocenters. The summed E-state index contributed by atoms with van der Waals surface area (Å²) in [4.78, 5) is 16.7. The molecule has 0 radical (unpaired) electrons. The van der Waals surface area contributed by atoms with Crippen molar-refractivity contribution in [2.45, 2.75) is 38.8 Å². The first-order chi connectivity index (χ1) is 10.1. The van der Waals surface area contributed by atoms with E-state index < -0.39 is 0 Å². The molecule has 5 nitrogen and oxygen atoms in total. The van der Waals surface area contributed by atoms with Crippen molar-refractivity contribution in [1.82, 2.24) is 15.6 Å². The Labute approximate surface area is 127 Å². The molecule has 0 aliphatic carbocycles. The van der Waals surface area contributed by atoms with Gasteiger partial charge in [-0.25, -0.2) is 4.98 Å². The highest BCUT2D eigenvalue weighted by atomic mass is 32.1. The molecule has 1 aliphatic rings. The predicted molar refractivity (Wildman–Crippen MR) is 82.5 cm³/mol. The summed E-state index contributed by atoms with van der Waals surface area (Å²) in [6.45, 7) is 5.01. The second-order valence-electron chi connectivity index (χ2n) is 5.41. The van der Waals surface area contributed by atoms with E-state index in [1.165, 1.54) is 11.3 Å². The summed E-state index contributed by atoms with van der Waals surface area (Å²) >= 11 is 1.43. The summed E-state index contributed by atoms with van der Waals surface area (Å²) in [5.74, 6) is 1.44. The number of nitrogens with zero attached hydrogens (tertiary/aromatic N) is 1. The third-order valence-electron chi connectivity index (χ3n) is 3.77. The van der Waals surface area contributed by atoms with E-state index in [9.17, 15) is 4.79 Å². The number of thiazole rings is 1. The maximum atomic E-state index is 12.3. The van der Waals surface area contributed by atoms with Gasteiger partial charge in [0.2, 0.25) is 0 Å². The Kier molecular flexibility index (Phi) is 4.07. The molecule has 112 valence electrons. The fourth-order valence-corrected chi connectivity index (χ4v) is 3.28. The molecule has 3 heterocycles. The zero-order chi connectivity index (χ0) is 14.8. The number of carbonyl (C=O) groups excluding carboxylic acids is 1. The average molecular weight is 305 g/mol. The monoisotopic (exact) mass is 305 g/mol. The van der Waals surface area contributed by atoms with Crippen LogP contribution in [0.2, 0.25) is 0 Å². The van der Waals surface area contributed by atoms with Crippen molar-refractivity contribution in [3.05, 3.63) is 29.0 Å². The van der Waals surface area contributed by atoms with Crippen LogP contribution in [-0.2, 0) is 0 Å². The molecule has 1 aliphatic heterocycles. The summed E-state index contributed by atoms with van der Waals surface area (Å²) < 4.78 is 5.54. The average Bonchev–Trinajstić information content (AvgIpc) is 3.10. The lowest BCUT2D eigenvalue weighted by molar-refractivity contribution is 0.0915. The lowest BCUT2D eigenvalue weighted by Crippen LogP contribution is -2.51. The molecule has 1 saturated heterocycles. The number of aryl methyl sites for hydroxylation is 1. The minimum Gasteiger partial charge on any atom is -0.459 e. The van der Waals surface area contributed by atoms with Gasteiger partial charge in [0.1, 0.15) is 11.5 Å². The lowest BCUT2D eigenvalue weighted by atomic mass is 10.00. The van der Waals surface area contributed by atoms with Gasteiger partial charge in [0.05, 0.1) is 0 Å². The maximum absolute atomic E-state index is 12.3. The van der Waals surface area contributed by atoms with Gasteiger partial charge in [0, 0.05) is 17.5 Å². The number of rotatable bonds is 3. The molecule has 2 aromatic heterocycles. The van der Waals surface area contributed by atoms with Crippen molar-refractivity contribution in [3.63, 3.8) is 0 Å². The van der Waals surface area contributed by atoms with Gasteiger partial charge in [-0.15, -0.1) is 11.3 Å². The van der Waals surface area contributed by atoms with Crippen LogP contribution in [-0.4, -0.2) is 29.5 Å². The highest BCUT2D eigenvalue weighted by molar-refractivity contribution is 7.13. The molecule has 0 saturated carbocycles. The minimum atomic E-state index is -0.110. The molecule has 2 N–H and O–H groups in total. The SMILES string of the molecule is Cc1ccc(-c2nc(C(=O)NC3CCCNC3C)cs2)o1. The number of hydrogen-bond acceptors (Lipinski definition) is 5. The van der Waals surface area contributed by atoms with Crippen molar-refractivity contribution < 1.29 is 9.21 Å². The molecule has 2 aromatic rings. The van der Waals surface area contributed by atoms with E-state index in [-0.39, 0.29) is 11.9 Å². The number of amides is 1. The van der Waals surface area contributed by atoms with Gasteiger partial charge in [0.15, 0.2) is 10.8 Å². The van der Waals surface area contributed by atoms with Gasteiger partial charge in [-0.2, -0.15) is 0 Å². The van der Waals surface area contributed by atoms with Gasteiger partial charge in [-0.1, -0.05) is 0 Å². The molecular weight excluding hydrogens is 286 g/mol. The summed E-state index contributed by atoms with van der Waals surface area (Å²) in [7, 11) is 0. The lowest BCUT2D eigenvalue weighted by Gasteiger charge is -2.30. The van der Waals surface area contributed by atoms with Crippen molar-refractivity contribution in [2.24, 2.45) is 0 Å². The Balaban J connectivity index is 1.69. The van der Waals surface area contributed by atoms with E-state index in [2.05, 4.69) is 22.5 Å². The second-order valence-corrected chi connectivity index (χ2v) is 6.27. The van der Waals surface area contributed by atoms with E-state index >= 15 is 0 Å². The summed E-state index contributed by atoms with van der Waals surface area (Å²) in [5, 5.41) is 8.96. The van der Waals surface area contributed by atoms with Gasteiger partial charge in [-0.3, -0.25) is 4.79 Å². The van der Waals surface area contributed by atoms with E-state index in [1.807, 2.05) is 19.1 Å². The normalized spacial score (nSPS) is 22.2. The number of aromatic nitrogens is 1. The van der Waals surface area contributed by atoms with Crippen molar-refractivity contribution in [1.29, 1.82) is 0 Å². The Morgan fingerprint density at radius 2 is 2.38 bits per heavy atom. The molecule has 6 heteroatoms. The molecule has 1 amide bonds. The molecule has 0 spiro atoms. The van der Waals surface area contributed by atoms with E-state index in [1.54, 1.807) is 5.38 Å². The standard InChI is InChI=1S/C15H19N3O2S/c1-9-5-6-13(20-9)15-18-12(8-21-15)14(19)17-11-4-3-7-16-10(11)2/h5-6,8,10-11,16H,3-4,7H2,1-2H3,(H,17,19). The van der Waals surface area contributed by atoms with Crippen LogP contribution < -0.4 is 10.6 Å². The Morgan fingerprint density at radius 1 is 1.52 bits per heavy atom. The summed E-state index contributed by atoms with van der Waals surface area (Å²) in [5.41, 5.74) is 0.460. The number of nitrogens with one attached hydrogen (secondary N) is 2. The van der Waals surface area contributed by atoms with Crippen molar-refractivity contribution >= 4 is 17.2 Å². The number of piperidine rings is 1. The van der Waals surface area contributed by atoms with Crippen molar-refractivity contribution in [2.75, 3.05) is 6.54 Å². The first-order valence-electron chi connectivity index (χ1n) is 7.20. The quantitative estimate of drug-likeness (QED) is 0.914. The van der Waals surface area contributed by atoms with Crippen LogP contribution in [0.5, 0.6) is 0 Å². The van der Waals surface area contributed by atoms with Crippen molar-refractivity contribution in [3.8, 4) is 10.8 Å². The molecule has 3 rings (SSSR count). The van der Waals surface area contributed by atoms with Gasteiger partial charge in [0.25, 0.3) is 5.91 Å². The van der Waals surface area contributed by atoms with E-state index in [0.29, 0.717) is 17.5 Å². The van der Waals surface area contributed by atoms with Crippen LogP contribution in [0.25, 0.3) is 10.8 Å². The van der Waals surface area contributed by atoms with Crippen LogP contribution in [0, 0.1) is 6.92 Å². The van der Waals surface area contributed by atoms with Gasteiger partial charge >= 0.3 is 0 Å². The van der Waals surface area contributed by atoms with E-state index in [4.69, 9.17) is 4.42 Å². The first-order valence-corrected chi connectivity index (χ1v) is 8.08. The zero-order valence-corrected chi connectivity index (χ0v) is 13.0. The topological polar surface area (TPSA) is 67.2 Å². The molecule has 2 unspecified atom stereocenters. The molecule has 0 bridgehead atoms. The van der Waals surface area contributed by atoms with E-state index in [0.717, 1.165) is 30.2 Å². The molecular formula is C15H19N3O2S. The smallest absolute Gasteiger partial charge is 0.271 e. The number of furan rings is 1. The fourth-order valence-electron chi connectivity index (χ4n) is 2.52. The Hall–Kier alpha value is -1.66. The van der Waals surface area contributed by atoms with Crippen LogP contribution in [0.1, 0.15) is 36.0 Å². The summed E-state index contributed by atoms with van der Waals surface area (Å²) in [6.07, 6.45) is 2.09. The first kappa shape index (κ1) is 14.3. The van der Waals surface area contributed by atoms with Gasteiger partial charge < -0.3 is 15.1 Å². The Bertz CT molecular complexity index is 634. The van der Waals surface area contributed by atoms with Crippen LogP contribution in [0.3, 0.4) is 0 Å².